The van der Waals surface area contributed by atoms with Gasteiger partial charge < -0.3 is 4.74 Å². The first-order valence-electron chi connectivity index (χ1n) is 10.4. The molecular formula is C26H31NO. The molecule has 0 spiro atoms. The largest absolute Gasteiger partial charge is 0.489 e. The van der Waals surface area contributed by atoms with Crippen LogP contribution in [0.3, 0.4) is 0 Å². The molecular weight excluding hydrogens is 342 g/mol. The van der Waals surface area contributed by atoms with Crippen LogP contribution in [0.2, 0.25) is 0 Å². The number of aryl methyl sites for hydroxylation is 1. The molecule has 0 atom stereocenters. The zero-order valence-corrected chi connectivity index (χ0v) is 16.9. The number of hydrogen-bond acceptors (Lipinski definition) is 2. The summed E-state index contributed by atoms with van der Waals surface area (Å²) in [4.78, 5) is 2.55. The van der Waals surface area contributed by atoms with Crippen molar-refractivity contribution in [2.45, 2.75) is 39.3 Å². The van der Waals surface area contributed by atoms with Crippen LogP contribution in [-0.2, 0) is 19.6 Å². The minimum atomic E-state index is 0.611. The highest BCUT2D eigenvalue weighted by atomic mass is 16.5. The molecule has 0 N–H and O–H groups in total. The predicted molar refractivity (Wildman–Crippen MR) is 118 cm³/mol. The Bertz CT molecular complexity index is 801. The van der Waals surface area contributed by atoms with Gasteiger partial charge in [-0.1, -0.05) is 79.7 Å². The van der Waals surface area contributed by atoms with E-state index in [0.29, 0.717) is 6.61 Å². The van der Waals surface area contributed by atoms with Crippen LogP contribution in [0.1, 0.15) is 36.5 Å². The molecule has 0 aliphatic rings. The van der Waals surface area contributed by atoms with E-state index in [2.05, 4.69) is 72.5 Å². The summed E-state index contributed by atoms with van der Waals surface area (Å²) < 4.78 is 5.99. The van der Waals surface area contributed by atoms with E-state index < -0.39 is 0 Å². The van der Waals surface area contributed by atoms with Crippen molar-refractivity contribution in [3.8, 4) is 5.75 Å². The summed E-state index contributed by atoms with van der Waals surface area (Å²) in [5.41, 5.74) is 3.94. The van der Waals surface area contributed by atoms with Crippen LogP contribution in [0.5, 0.6) is 5.75 Å². The standard InChI is InChI=1S/C26H31NO/c1-2-18-27(19-10-16-23-11-5-3-6-12-23)21-25-15-9-17-26(20-25)28-22-24-13-7-4-8-14-24/h3-9,11-15,17,20H,2,10,16,18-19,21-22H2,1H3. The SMILES string of the molecule is CCCN(CCCc1ccccc1)Cc1cccc(OCc2ccccc2)c1. The summed E-state index contributed by atoms with van der Waals surface area (Å²) in [7, 11) is 0. The van der Waals surface area contributed by atoms with Crippen molar-refractivity contribution < 1.29 is 4.74 Å². The first-order chi connectivity index (χ1) is 13.8. The van der Waals surface area contributed by atoms with Crippen LogP contribution in [0.15, 0.2) is 84.9 Å². The van der Waals surface area contributed by atoms with Gasteiger partial charge in [0, 0.05) is 6.54 Å². The Labute approximate surface area is 169 Å². The zero-order chi connectivity index (χ0) is 19.4. The maximum absolute atomic E-state index is 5.99. The summed E-state index contributed by atoms with van der Waals surface area (Å²) in [6.45, 7) is 6.09. The van der Waals surface area contributed by atoms with Gasteiger partial charge in [0.05, 0.1) is 0 Å². The van der Waals surface area contributed by atoms with Gasteiger partial charge in [0.15, 0.2) is 0 Å². The van der Waals surface area contributed by atoms with Gasteiger partial charge in [-0.25, -0.2) is 0 Å². The van der Waals surface area contributed by atoms with Crippen LogP contribution in [0, 0.1) is 0 Å². The number of ether oxygens (including phenoxy) is 1. The predicted octanol–water partition coefficient (Wildman–Crippen LogP) is 6.11. The molecule has 3 rings (SSSR count). The zero-order valence-electron chi connectivity index (χ0n) is 16.9. The maximum atomic E-state index is 5.99. The van der Waals surface area contributed by atoms with E-state index >= 15 is 0 Å². The van der Waals surface area contributed by atoms with Crippen LogP contribution in [-0.4, -0.2) is 18.0 Å². The molecule has 2 heteroatoms. The summed E-state index contributed by atoms with van der Waals surface area (Å²) in [6, 6.07) is 29.6. The van der Waals surface area contributed by atoms with Gasteiger partial charge >= 0.3 is 0 Å². The Balaban J connectivity index is 1.52. The lowest BCUT2D eigenvalue weighted by atomic mass is 10.1. The van der Waals surface area contributed by atoms with Crippen molar-refractivity contribution in [1.29, 1.82) is 0 Å². The molecule has 0 fully saturated rings. The van der Waals surface area contributed by atoms with E-state index in [1.807, 2.05) is 24.3 Å². The van der Waals surface area contributed by atoms with E-state index in [4.69, 9.17) is 4.74 Å². The van der Waals surface area contributed by atoms with Crippen molar-refractivity contribution >= 4 is 0 Å². The Morgan fingerprint density at radius 2 is 1.39 bits per heavy atom. The van der Waals surface area contributed by atoms with Crippen LogP contribution < -0.4 is 4.74 Å². The quantitative estimate of drug-likeness (QED) is 0.402. The third-order valence-corrected chi connectivity index (χ3v) is 4.88. The fourth-order valence-electron chi connectivity index (χ4n) is 3.47. The first-order valence-corrected chi connectivity index (χ1v) is 10.4. The lowest BCUT2D eigenvalue weighted by Crippen LogP contribution is -2.25. The van der Waals surface area contributed by atoms with E-state index in [1.165, 1.54) is 29.5 Å². The number of rotatable bonds is 11. The van der Waals surface area contributed by atoms with Gasteiger partial charge in [0.1, 0.15) is 12.4 Å². The van der Waals surface area contributed by atoms with Gasteiger partial charge in [0.2, 0.25) is 0 Å². The topological polar surface area (TPSA) is 12.5 Å². The first kappa shape index (κ1) is 20.2. The average molecular weight is 374 g/mol. The van der Waals surface area contributed by atoms with Gasteiger partial charge in [-0.3, -0.25) is 4.90 Å². The third-order valence-electron chi connectivity index (χ3n) is 4.88. The molecule has 0 saturated carbocycles. The fourth-order valence-corrected chi connectivity index (χ4v) is 3.47. The normalized spacial score (nSPS) is 10.9. The summed E-state index contributed by atoms with van der Waals surface area (Å²) >= 11 is 0. The number of benzene rings is 3. The molecule has 28 heavy (non-hydrogen) atoms. The van der Waals surface area contributed by atoms with E-state index in [0.717, 1.165) is 31.8 Å². The smallest absolute Gasteiger partial charge is 0.120 e. The molecule has 0 amide bonds. The molecule has 0 aliphatic carbocycles. The van der Waals surface area contributed by atoms with Gasteiger partial charge in [0.25, 0.3) is 0 Å². The molecule has 0 heterocycles. The second-order valence-electron chi connectivity index (χ2n) is 7.29. The molecule has 3 aromatic rings. The fraction of sp³-hybridized carbons (Fsp3) is 0.308. The molecule has 0 unspecified atom stereocenters. The van der Waals surface area contributed by atoms with Crippen LogP contribution in [0.4, 0.5) is 0 Å². The monoisotopic (exact) mass is 373 g/mol. The summed E-state index contributed by atoms with van der Waals surface area (Å²) in [6.07, 6.45) is 3.50. The van der Waals surface area contributed by atoms with E-state index in [1.54, 1.807) is 0 Å². The van der Waals surface area contributed by atoms with Crippen molar-refractivity contribution in [2.24, 2.45) is 0 Å². The van der Waals surface area contributed by atoms with Crippen LogP contribution >= 0.6 is 0 Å². The third kappa shape index (κ3) is 6.86. The summed E-state index contributed by atoms with van der Waals surface area (Å²) in [5, 5.41) is 0. The van der Waals surface area contributed by atoms with Gasteiger partial charge in [-0.05, 0) is 61.2 Å². The van der Waals surface area contributed by atoms with E-state index in [-0.39, 0.29) is 0 Å². The van der Waals surface area contributed by atoms with Gasteiger partial charge in [-0.2, -0.15) is 0 Å². The molecule has 0 radical (unpaired) electrons. The Hall–Kier alpha value is -2.58. The average Bonchev–Trinajstić information content (AvgIpc) is 2.74. The summed E-state index contributed by atoms with van der Waals surface area (Å²) in [5.74, 6) is 0.946. The molecule has 146 valence electrons. The molecule has 0 aromatic heterocycles. The van der Waals surface area contributed by atoms with Crippen molar-refractivity contribution in [3.63, 3.8) is 0 Å². The molecule has 3 aromatic carbocycles. The van der Waals surface area contributed by atoms with Crippen molar-refractivity contribution in [1.82, 2.24) is 4.90 Å². The minimum Gasteiger partial charge on any atom is -0.489 e. The number of nitrogens with zero attached hydrogens (tertiary/aromatic N) is 1. The lowest BCUT2D eigenvalue weighted by Gasteiger charge is -2.22. The Morgan fingerprint density at radius 1 is 0.714 bits per heavy atom. The van der Waals surface area contributed by atoms with Crippen molar-refractivity contribution in [2.75, 3.05) is 13.1 Å². The second-order valence-corrected chi connectivity index (χ2v) is 7.29. The number of hydrogen-bond donors (Lipinski definition) is 0. The Morgan fingerprint density at radius 3 is 2.11 bits per heavy atom. The Kier molecular flexibility index (Phi) is 8.14. The molecule has 2 nitrogen and oxygen atoms in total. The minimum absolute atomic E-state index is 0.611. The molecule has 0 saturated heterocycles. The second kappa shape index (κ2) is 11.3. The van der Waals surface area contributed by atoms with Crippen LogP contribution in [0.25, 0.3) is 0 Å². The highest BCUT2D eigenvalue weighted by Gasteiger charge is 2.07. The van der Waals surface area contributed by atoms with Crippen molar-refractivity contribution in [3.05, 3.63) is 102 Å². The lowest BCUT2D eigenvalue weighted by molar-refractivity contribution is 0.261. The highest BCUT2D eigenvalue weighted by Crippen LogP contribution is 2.17. The molecule has 0 aliphatic heterocycles. The van der Waals surface area contributed by atoms with Gasteiger partial charge in [-0.15, -0.1) is 0 Å². The maximum Gasteiger partial charge on any atom is 0.120 e. The molecule has 0 bridgehead atoms. The van der Waals surface area contributed by atoms with E-state index in [9.17, 15) is 0 Å². The highest BCUT2D eigenvalue weighted by molar-refractivity contribution is 5.29.